The van der Waals surface area contributed by atoms with Gasteiger partial charge in [0.15, 0.2) is 0 Å². The van der Waals surface area contributed by atoms with Gasteiger partial charge in [0, 0.05) is 25.6 Å². The minimum Gasteiger partial charge on any atom is -0.352 e. The third-order valence-corrected chi connectivity index (χ3v) is 8.87. The maximum Gasteiger partial charge on any atom is 0.243 e. The van der Waals surface area contributed by atoms with E-state index in [0.29, 0.717) is 22.0 Å². The first kappa shape index (κ1) is 31.2. The van der Waals surface area contributed by atoms with Gasteiger partial charge in [-0.15, -0.1) is 0 Å². The standard InChI is InChI=1S/C28H36Cl2FN3O4S/c1-3-25(28(36)32-21-10-5-4-6-11-21)33(19-20-15-16-22(29)23(30)18-20)27(35)14-9-17-34(39(2,37)38)26-13-8-7-12-24(26)31/h7-8,12-13,15-16,18,21,25H,3-6,9-11,14,17,19H2,1-2H3,(H,32,36). The molecule has 1 N–H and O–H groups in total. The van der Waals surface area contributed by atoms with Crippen LogP contribution in [-0.2, 0) is 26.2 Å². The predicted molar refractivity (Wildman–Crippen MR) is 154 cm³/mol. The van der Waals surface area contributed by atoms with E-state index >= 15 is 0 Å². The number of carbonyl (C=O) groups is 2. The number of halogens is 3. The van der Waals surface area contributed by atoms with Gasteiger partial charge in [-0.25, -0.2) is 12.8 Å². The molecule has 1 unspecified atom stereocenters. The van der Waals surface area contributed by atoms with Crippen molar-refractivity contribution in [1.29, 1.82) is 0 Å². The van der Waals surface area contributed by atoms with Crippen LogP contribution in [0.2, 0.25) is 10.0 Å². The van der Waals surface area contributed by atoms with Crippen molar-refractivity contribution in [3.05, 3.63) is 63.9 Å². The van der Waals surface area contributed by atoms with Gasteiger partial charge in [-0.2, -0.15) is 0 Å². The lowest BCUT2D eigenvalue weighted by atomic mass is 9.95. The monoisotopic (exact) mass is 599 g/mol. The molecular weight excluding hydrogens is 564 g/mol. The molecule has 2 amide bonds. The van der Waals surface area contributed by atoms with E-state index in [-0.39, 0.29) is 49.5 Å². The molecule has 7 nitrogen and oxygen atoms in total. The predicted octanol–water partition coefficient (Wildman–Crippen LogP) is 5.94. The Kier molecular flexibility index (Phi) is 11.4. The van der Waals surface area contributed by atoms with Crippen molar-refractivity contribution in [2.45, 2.75) is 76.9 Å². The van der Waals surface area contributed by atoms with E-state index in [9.17, 15) is 22.4 Å². The molecule has 0 aromatic heterocycles. The molecule has 1 fully saturated rings. The molecule has 1 saturated carbocycles. The highest BCUT2D eigenvalue weighted by Crippen LogP contribution is 2.26. The Morgan fingerprint density at radius 2 is 1.77 bits per heavy atom. The maximum absolute atomic E-state index is 14.4. The Balaban J connectivity index is 1.78. The molecule has 1 aliphatic carbocycles. The zero-order valence-electron chi connectivity index (χ0n) is 22.3. The summed E-state index contributed by atoms with van der Waals surface area (Å²) < 4.78 is 40.2. The first-order chi connectivity index (χ1) is 18.5. The van der Waals surface area contributed by atoms with Gasteiger partial charge in [-0.1, -0.05) is 67.6 Å². The molecule has 11 heteroatoms. The first-order valence-corrected chi connectivity index (χ1v) is 15.9. The van der Waals surface area contributed by atoms with E-state index in [0.717, 1.165) is 42.7 Å². The number of sulfonamides is 1. The van der Waals surface area contributed by atoms with Crippen LogP contribution in [0, 0.1) is 5.82 Å². The average molecular weight is 601 g/mol. The largest absolute Gasteiger partial charge is 0.352 e. The number of hydrogen-bond acceptors (Lipinski definition) is 4. The van der Waals surface area contributed by atoms with E-state index < -0.39 is 21.9 Å². The van der Waals surface area contributed by atoms with Crippen LogP contribution in [0.3, 0.4) is 0 Å². The van der Waals surface area contributed by atoms with Gasteiger partial charge in [0.05, 0.1) is 22.0 Å². The first-order valence-electron chi connectivity index (χ1n) is 13.3. The summed E-state index contributed by atoms with van der Waals surface area (Å²) in [6.07, 6.45) is 6.62. The summed E-state index contributed by atoms with van der Waals surface area (Å²) in [7, 11) is -3.79. The molecule has 0 spiro atoms. The minimum absolute atomic E-state index is 0.0327. The van der Waals surface area contributed by atoms with Gasteiger partial charge >= 0.3 is 0 Å². The lowest BCUT2D eigenvalue weighted by Gasteiger charge is -2.33. The van der Waals surface area contributed by atoms with Crippen LogP contribution in [0.25, 0.3) is 0 Å². The van der Waals surface area contributed by atoms with E-state index in [2.05, 4.69) is 5.32 Å². The zero-order chi connectivity index (χ0) is 28.6. The summed E-state index contributed by atoms with van der Waals surface area (Å²) in [5.41, 5.74) is 0.643. The molecule has 3 rings (SSSR count). The van der Waals surface area contributed by atoms with Crippen LogP contribution in [-0.4, -0.2) is 50.0 Å². The molecule has 1 atom stereocenters. The molecule has 2 aromatic rings. The van der Waals surface area contributed by atoms with Crippen LogP contribution in [0.1, 0.15) is 63.9 Å². The van der Waals surface area contributed by atoms with Gasteiger partial charge in [0.2, 0.25) is 21.8 Å². The lowest BCUT2D eigenvalue weighted by Crippen LogP contribution is -2.51. The SMILES string of the molecule is CCC(C(=O)NC1CCCCC1)N(Cc1ccc(Cl)c(Cl)c1)C(=O)CCCN(c1ccccc1F)S(C)(=O)=O. The van der Waals surface area contributed by atoms with Gasteiger partial charge in [0.25, 0.3) is 0 Å². The molecular formula is C28H36Cl2FN3O4S. The van der Waals surface area contributed by atoms with E-state index in [4.69, 9.17) is 23.2 Å². The van der Waals surface area contributed by atoms with Crippen molar-refractivity contribution in [3.8, 4) is 0 Å². The molecule has 214 valence electrons. The minimum atomic E-state index is -3.79. The Hall–Kier alpha value is -2.36. The number of anilines is 1. The topological polar surface area (TPSA) is 86.8 Å². The molecule has 0 aliphatic heterocycles. The van der Waals surface area contributed by atoms with Crippen molar-refractivity contribution in [1.82, 2.24) is 10.2 Å². The van der Waals surface area contributed by atoms with Crippen LogP contribution in [0.15, 0.2) is 42.5 Å². The number of rotatable bonds is 12. The summed E-state index contributed by atoms with van der Waals surface area (Å²) in [6, 6.07) is 10.0. The number of carbonyl (C=O) groups excluding carboxylic acids is 2. The number of nitrogens with zero attached hydrogens (tertiary/aromatic N) is 2. The number of nitrogens with one attached hydrogen (secondary N) is 1. The highest BCUT2D eigenvalue weighted by molar-refractivity contribution is 7.92. The summed E-state index contributed by atoms with van der Waals surface area (Å²) >= 11 is 12.3. The third-order valence-electron chi connectivity index (χ3n) is 6.95. The van der Waals surface area contributed by atoms with Crippen LogP contribution in [0.5, 0.6) is 0 Å². The Bertz CT molecular complexity index is 1260. The summed E-state index contributed by atoms with van der Waals surface area (Å²) in [5, 5.41) is 3.85. The zero-order valence-corrected chi connectivity index (χ0v) is 24.7. The maximum atomic E-state index is 14.4. The third kappa shape index (κ3) is 8.82. The van der Waals surface area contributed by atoms with Gasteiger partial charge in [-0.05, 0) is 55.5 Å². The average Bonchev–Trinajstić information content (AvgIpc) is 2.89. The van der Waals surface area contributed by atoms with E-state index in [1.54, 1.807) is 24.3 Å². The van der Waals surface area contributed by atoms with Gasteiger partial charge in [-0.3, -0.25) is 13.9 Å². The second-order valence-corrected chi connectivity index (χ2v) is 12.6. The van der Waals surface area contributed by atoms with E-state index in [1.807, 2.05) is 6.92 Å². The van der Waals surface area contributed by atoms with Crippen LogP contribution < -0.4 is 9.62 Å². The molecule has 0 radical (unpaired) electrons. The molecule has 1 aliphatic rings. The number of hydrogen-bond donors (Lipinski definition) is 1. The highest BCUT2D eigenvalue weighted by Gasteiger charge is 2.30. The van der Waals surface area contributed by atoms with E-state index in [1.165, 1.54) is 23.1 Å². The number of para-hydroxylation sites is 1. The van der Waals surface area contributed by atoms with Gasteiger partial charge < -0.3 is 10.2 Å². The van der Waals surface area contributed by atoms with Crippen molar-refractivity contribution in [3.63, 3.8) is 0 Å². The summed E-state index contributed by atoms with van der Waals surface area (Å²) in [6.45, 7) is 1.90. The second kappa shape index (κ2) is 14.3. The Morgan fingerprint density at radius 3 is 2.38 bits per heavy atom. The van der Waals surface area contributed by atoms with Crippen LogP contribution in [0.4, 0.5) is 10.1 Å². The van der Waals surface area contributed by atoms with Crippen molar-refractivity contribution in [2.24, 2.45) is 0 Å². The second-order valence-electron chi connectivity index (χ2n) is 9.93. The quantitative estimate of drug-likeness (QED) is 0.327. The van der Waals surface area contributed by atoms with Crippen molar-refractivity contribution in [2.75, 3.05) is 17.1 Å². The van der Waals surface area contributed by atoms with Crippen LogP contribution >= 0.6 is 23.2 Å². The Morgan fingerprint density at radius 1 is 1.08 bits per heavy atom. The molecule has 0 heterocycles. The normalized spacial score (nSPS) is 15.0. The smallest absolute Gasteiger partial charge is 0.243 e. The fourth-order valence-corrected chi connectivity index (χ4v) is 6.22. The molecule has 2 aromatic carbocycles. The highest BCUT2D eigenvalue weighted by atomic mass is 35.5. The fourth-order valence-electron chi connectivity index (χ4n) is 4.93. The number of benzene rings is 2. The fraction of sp³-hybridized carbons (Fsp3) is 0.500. The summed E-state index contributed by atoms with van der Waals surface area (Å²) in [4.78, 5) is 28.4. The lowest BCUT2D eigenvalue weighted by molar-refractivity contribution is -0.141. The van der Waals surface area contributed by atoms with Crippen molar-refractivity contribution < 1.29 is 22.4 Å². The molecule has 39 heavy (non-hydrogen) atoms. The molecule has 0 bridgehead atoms. The Labute approximate surface area is 240 Å². The summed E-state index contributed by atoms with van der Waals surface area (Å²) in [5.74, 6) is -1.18. The number of amides is 2. The molecule has 0 saturated heterocycles. The van der Waals surface area contributed by atoms with Gasteiger partial charge in [0.1, 0.15) is 11.9 Å². The van der Waals surface area contributed by atoms with Crippen molar-refractivity contribution >= 4 is 50.7 Å².